The number of amides is 1. The largest absolute Gasteiger partial charge is 0.484 e. The van der Waals surface area contributed by atoms with Crippen LogP contribution in [0.5, 0.6) is 5.75 Å². The number of carbonyl (C=O) groups is 1. The van der Waals surface area contributed by atoms with Crippen LogP contribution in [0.4, 0.5) is 0 Å². The number of rotatable bonds is 4. The smallest absolute Gasteiger partial charge is 0.258 e. The fraction of sp³-hybridized carbons (Fsp3) is 0.118. The first-order valence-electron chi connectivity index (χ1n) is 6.43. The van der Waals surface area contributed by atoms with Crippen molar-refractivity contribution in [2.45, 2.75) is 0 Å². The second-order valence-corrected chi connectivity index (χ2v) is 5.11. The van der Waals surface area contributed by atoms with Crippen molar-refractivity contribution >= 4 is 21.8 Å². The molecule has 1 N–H and O–H groups in total. The van der Waals surface area contributed by atoms with Gasteiger partial charge in [-0.3, -0.25) is 4.79 Å². The fourth-order valence-corrected chi connectivity index (χ4v) is 1.95. The summed E-state index contributed by atoms with van der Waals surface area (Å²) in [6.45, 7) is 0.277. The number of nitrogens with one attached hydrogen (secondary N) is 1. The van der Waals surface area contributed by atoms with Crippen LogP contribution in [0, 0.1) is 11.8 Å². The Labute approximate surface area is 132 Å². The van der Waals surface area contributed by atoms with Gasteiger partial charge in [0.15, 0.2) is 6.61 Å². The van der Waals surface area contributed by atoms with E-state index in [1.165, 1.54) is 0 Å². The monoisotopic (exact) mass is 343 g/mol. The van der Waals surface area contributed by atoms with E-state index in [9.17, 15) is 4.79 Å². The van der Waals surface area contributed by atoms with Gasteiger partial charge in [-0.25, -0.2) is 0 Å². The lowest BCUT2D eigenvalue weighted by Gasteiger charge is -2.05. The number of carbonyl (C=O) groups excluding carboxylic acids is 1. The number of benzene rings is 2. The second-order valence-electron chi connectivity index (χ2n) is 4.19. The van der Waals surface area contributed by atoms with Crippen molar-refractivity contribution in [3.8, 4) is 17.6 Å². The Balaban J connectivity index is 1.72. The number of hydrogen-bond donors (Lipinski definition) is 1. The maximum absolute atomic E-state index is 11.6. The first kappa shape index (κ1) is 15.1. The van der Waals surface area contributed by atoms with E-state index < -0.39 is 0 Å². The lowest BCUT2D eigenvalue weighted by molar-refractivity contribution is -0.122. The van der Waals surface area contributed by atoms with Gasteiger partial charge in [-0.2, -0.15) is 0 Å². The maximum atomic E-state index is 11.6. The average Bonchev–Trinajstić information content (AvgIpc) is 2.51. The minimum atomic E-state index is -0.197. The van der Waals surface area contributed by atoms with Crippen molar-refractivity contribution in [3.05, 3.63) is 64.6 Å². The molecule has 0 aromatic heterocycles. The molecule has 0 spiro atoms. The van der Waals surface area contributed by atoms with E-state index in [-0.39, 0.29) is 12.5 Å². The van der Waals surface area contributed by atoms with E-state index in [4.69, 9.17) is 4.74 Å². The molecular formula is C17H14BrNO2. The van der Waals surface area contributed by atoms with E-state index in [0.717, 1.165) is 10.0 Å². The molecule has 0 aliphatic heterocycles. The molecule has 1 amide bonds. The van der Waals surface area contributed by atoms with Crippen LogP contribution in [0.1, 0.15) is 5.56 Å². The summed E-state index contributed by atoms with van der Waals surface area (Å²) in [6.07, 6.45) is 0. The molecule has 0 saturated carbocycles. The van der Waals surface area contributed by atoms with Crippen molar-refractivity contribution in [3.63, 3.8) is 0 Å². The molecule has 0 bridgehead atoms. The molecule has 0 saturated heterocycles. The predicted octanol–water partition coefficient (Wildman–Crippen LogP) is 3.00. The van der Waals surface area contributed by atoms with Crippen molar-refractivity contribution < 1.29 is 9.53 Å². The minimum Gasteiger partial charge on any atom is -0.484 e. The molecule has 0 radical (unpaired) electrons. The van der Waals surface area contributed by atoms with Crippen LogP contribution in [0.25, 0.3) is 0 Å². The molecule has 0 aliphatic rings. The third-order valence-electron chi connectivity index (χ3n) is 2.55. The lowest BCUT2D eigenvalue weighted by Crippen LogP contribution is -2.29. The van der Waals surface area contributed by atoms with E-state index in [1.54, 1.807) is 6.07 Å². The molecule has 4 heteroatoms. The normalized spacial score (nSPS) is 9.38. The van der Waals surface area contributed by atoms with Gasteiger partial charge >= 0.3 is 0 Å². The van der Waals surface area contributed by atoms with Gasteiger partial charge < -0.3 is 10.1 Å². The van der Waals surface area contributed by atoms with Crippen LogP contribution in [-0.4, -0.2) is 19.1 Å². The first-order valence-corrected chi connectivity index (χ1v) is 7.22. The van der Waals surface area contributed by atoms with Crippen molar-refractivity contribution in [2.75, 3.05) is 13.2 Å². The summed E-state index contributed by atoms with van der Waals surface area (Å²) in [5.74, 6) is 6.32. The highest BCUT2D eigenvalue weighted by Crippen LogP contribution is 2.17. The van der Waals surface area contributed by atoms with E-state index in [1.807, 2.05) is 48.5 Å². The quantitative estimate of drug-likeness (QED) is 0.866. The number of halogens is 1. The SMILES string of the molecule is O=C(COc1cccc(Br)c1)NCC#Cc1ccccc1. The minimum absolute atomic E-state index is 0.0243. The van der Waals surface area contributed by atoms with E-state index in [2.05, 4.69) is 33.1 Å². The zero-order valence-electron chi connectivity index (χ0n) is 11.3. The summed E-state index contributed by atoms with van der Waals surface area (Å²) in [5.41, 5.74) is 0.928. The van der Waals surface area contributed by atoms with Gasteiger partial charge in [0.05, 0.1) is 6.54 Å². The molecule has 2 aromatic carbocycles. The van der Waals surface area contributed by atoms with Crippen LogP contribution < -0.4 is 10.1 Å². The molecule has 2 rings (SSSR count). The molecule has 0 unspecified atom stereocenters. The third kappa shape index (κ3) is 5.72. The van der Waals surface area contributed by atoms with Gasteiger partial charge in [-0.1, -0.05) is 52.0 Å². The van der Waals surface area contributed by atoms with Crippen molar-refractivity contribution in [1.82, 2.24) is 5.32 Å². The molecule has 0 heterocycles. The Morgan fingerprint density at radius 2 is 1.95 bits per heavy atom. The molecular weight excluding hydrogens is 330 g/mol. The van der Waals surface area contributed by atoms with E-state index in [0.29, 0.717) is 12.3 Å². The highest BCUT2D eigenvalue weighted by Gasteiger charge is 2.01. The molecule has 0 fully saturated rings. The van der Waals surface area contributed by atoms with Gasteiger partial charge in [0, 0.05) is 10.0 Å². The second kappa shape index (κ2) is 8.13. The van der Waals surface area contributed by atoms with Crippen LogP contribution >= 0.6 is 15.9 Å². The molecule has 3 nitrogen and oxygen atoms in total. The Morgan fingerprint density at radius 3 is 2.71 bits per heavy atom. The summed E-state index contributed by atoms with van der Waals surface area (Å²) < 4.78 is 6.28. The summed E-state index contributed by atoms with van der Waals surface area (Å²) in [7, 11) is 0. The Morgan fingerprint density at radius 1 is 1.14 bits per heavy atom. The van der Waals surface area contributed by atoms with Gasteiger partial charge in [0.1, 0.15) is 5.75 Å². The Kier molecular flexibility index (Phi) is 5.86. The van der Waals surface area contributed by atoms with Crippen LogP contribution in [0.15, 0.2) is 59.1 Å². The summed E-state index contributed by atoms with van der Waals surface area (Å²) in [4.78, 5) is 11.6. The lowest BCUT2D eigenvalue weighted by atomic mass is 10.2. The topological polar surface area (TPSA) is 38.3 Å². The average molecular weight is 344 g/mol. The summed E-state index contributed by atoms with van der Waals surface area (Å²) in [5, 5.41) is 2.69. The van der Waals surface area contributed by atoms with Crippen molar-refractivity contribution in [1.29, 1.82) is 0 Å². The highest BCUT2D eigenvalue weighted by molar-refractivity contribution is 9.10. The highest BCUT2D eigenvalue weighted by atomic mass is 79.9. The predicted molar refractivity (Wildman–Crippen MR) is 86.0 cm³/mol. The van der Waals surface area contributed by atoms with Gasteiger partial charge in [-0.05, 0) is 30.3 Å². The molecule has 0 atom stereocenters. The molecule has 21 heavy (non-hydrogen) atoms. The fourth-order valence-electron chi connectivity index (χ4n) is 1.57. The maximum Gasteiger partial charge on any atom is 0.258 e. The van der Waals surface area contributed by atoms with Crippen LogP contribution in [-0.2, 0) is 4.79 Å². The number of ether oxygens (including phenoxy) is 1. The van der Waals surface area contributed by atoms with Gasteiger partial charge in [0.25, 0.3) is 5.91 Å². The standard InChI is InChI=1S/C17H14BrNO2/c18-15-9-4-10-16(12-15)21-13-17(20)19-11-5-8-14-6-2-1-3-7-14/h1-4,6-7,9-10,12H,11,13H2,(H,19,20). The number of hydrogen-bond acceptors (Lipinski definition) is 2. The zero-order chi connectivity index (χ0) is 14.9. The zero-order valence-corrected chi connectivity index (χ0v) is 12.9. The summed E-state index contributed by atoms with van der Waals surface area (Å²) >= 11 is 3.34. The van der Waals surface area contributed by atoms with Crippen LogP contribution in [0.3, 0.4) is 0 Å². The first-order chi connectivity index (χ1) is 10.2. The van der Waals surface area contributed by atoms with Gasteiger partial charge in [0.2, 0.25) is 0 Å². The van der Waals surface area contributed by atoms with Crippen LogP contribution in [0.2, 0.25) is 0 Å². The van der Waals surface area contributed by atoms with Gasteiger partial charge in [-0.15, -0.1) is 0 Å². The van der Waals surface area contributed by atoms with Crippen molar-refractivity contribution in [2.24, 2.45) is 0 Å². The molecule has 0 aliphatic carbocycles. The Bertz CT molecular complexity index is 659. The Hall–Kier alpha value is -2.25. The van der Waals surface area contributed by atoms with E-state index >= 15 is 0 Å². The summed E-state index contributed by atoms with van der Waals surface area (Å²) in [6, 6.07) is 17.0. The molecule has 2 aromatic rings. The molecule has 106 valence electrons. The third-order valence-corrected chi connectivity index (χ3v) is 3.04.